The van der Waals surface area contributed by atoms with E-state index in [1.54, 1.807) is 91.9 Å². The predicted molar refractivity (Wildman–Crippen MR) is 160 cm³/mol. The molecule has 1 heterocycles. The van der Waals surface area contributed by atoms with Crippen molar-refractivity contribution in [2.24, 2.45) is 0 Å². The van der Waals surface area contributed by atoms with Crippen LogP contribution in [0.3, 0.4) is 0 Å². The fraction of sp³-hybridized carbons (Fsp3) is 0.0938. The van der Waals surface area contributed by atoms with Crippen molar-refractivity contribution in [1.82, 2.24) is 14.7 Å². The molecule has 0 aliphatic carbocycles. The van der Waals surface area contributed by atoms with Gasteiger partial charge in [-0.25, -0.2) is 0 Å². The van der Waals surface area contributed by atoms with Gasteiger partial charge in [0.2, 0.25) is 0 Å². The standard InChI is InChI=1S/C32H27ClN4O4/c1-36(21-22-8-4-3-5-9-22)31(38)23-10-6-12-25(18-23)35-30-29(41-28-16-14-27(40-2)15-17-28)20-34-37(32(30)39)26-13-7-11-24(33)19-26/h3-20,35H,21H2,1-2H3. The molecule has 4 aromatic carbocycles. The van der Waals surface area contributed by atoms with Gasteiger partial charge in [-0.15, -0.1) is 0 Å². The summed E-state index contributed by atoms with van der Waals surface area (Å²) in [6.07, 6.45) is 1.46. The molecule has 0 unspecified atom stereocenters. The Kier molecular flexibility index (Phi) is 8.31. The maximum atomic E-state index is 13.7. The van der Waals surface area contributed by atoms with E-state index < -0.39 is 5.56 Å². The van der Waals surface area contributed by atoms with Crippen LogP contribution in [0.2, 0.25) is 5.02 Å². The first-order valence-corrected chi connectivity index (χ1v) is 13.2. The number of ether oxygens (including phenoxy) is 2. The van der Waals surface area contributed by atoms with Crippen molar-refractivity contribution in [3.8, 4) is 22.9 Å². The van der Waals surface area contributed by atoms with E-state index in [9.17, 15) is 9.59 Å². The summed E-state index contributed by atoms with van der Waals surface area (Å²) in [6.45, 7) is 0.464. The first kappa shape index (κ1) is 27.5. The minimum atomic E-state index is -0.462. The highest BCUT2D eigenvalue weighted by Crippen LogP contribution is 2.30. The molecule has 0 aliphatic rings. The van der Waals surface area contributed by atoms with Gasteiger partial charge in [0, 0.05) is 29.9 Å². The van der Waals surface area contributed by atoms with Gasteiger partial charge in [0.15, 0.2) is 11.4 Å². The normalized spacial score (nSPS) is 10.6. The van der Waals surface area contributed by atoms with E-state index in [0.29, 0.717) is 40.0 Å². The fourth-order valence-corrected chi connectivity index (χ4v) is 4.40. The van der Waals surface area contributed by atoms with Crippen LogP contribution in [0.5, 0.6) is 17.2 Å². The molecule has 1 N–H and O–H groups in total. The van der Waals surface area contributed by atoms with Gasteiger partial charge in [-0.3, -0.25) is 9.59 Å². The number of carbonyl (C=O) groups is 1. The molecule has 41 heavy (non-hydrogen) atoms. The van der Waals surface area contributed by atoms with E-state index >= 15 is 0 Å². The lowest BCUT2D eigenvalue weighted by Crippen LogP contribution is -2.26. The molecule has 1 aromatic heterocycles. The minimum Gasteiger partial charge on any atom is -0.497 e. The molecule has 0 radical (unpaired) electrons. The number of anilines is 2. The average Bonchev–Trinajstić information content (AvgIpc) is 2.99. The number of benzene rings is 4. The van der Waals surface area contributed by atoms with Crippen molar-refractivity contribution >= 4 is 28.9 Å². The van der Waals surface area contributed by atoms with Crippen molar-refractivity contribution < 1.29 is 14.3 Å². The van der Waals surface area contributed by atoms with Gasteiger partial charge in [-0.05, 0) is 66.2 Å². The minimum absolute atomic E-state index is 0.137. The Morgan fingerprint density at radius 3 is 2.39 bits per heavy atom. The van der Waals surface area contributed by atoms with Gasteiger partial charge in [0.25, 0.3) is 11.5 Å². The molecule has 8 nitrogen and oxygen atoms in total. The summed E-state index contributed by atoms with van der Waals surface area (Å²) in [4.78, 5) is 28.6. The average molecular weight is 567 g/mol. The van der Waals surface area contributed by atoms with Gasteiger partial charge in [0.1, 0.15) is 11.5 Å². The quantitative estimate of drug-likeness (QED) is 0.214. The Morgan fingerprint density at radius 2 is 1.66 bits per heavy atom. The van der Waals surface area contributed by atoms with Gasteiger partial charge >= 0.3 is 0 Å². The number of aromatic nitrogens is 2. The van der Waals surface area contributed by atoms with Crippen molar-refractivity contribution in [3.63, 3.8) is 0 Å². The van der Waals surface area contributed by atoms with Crippen LogP contribution in [0.4, 0.5) is 11.4 Å². The number of nitrogens with zero attached hydrogens (tertiary/aromatic N) is 3. The molecule has 5 aromatic rings. The van der Waals surface area contributed by atoms with E-state index in [4.69, 9.17) is 21.1 Å². The summed E-state index contributed by atoms with van der Waals surface area (Å²) in [5, 5.41) is 7.96. The van der Waals surface area contributed by atoms with Crippen LogP contribution in [0.25, 0.3) is 5.69 Å². The summed E-state index contributed by atoms with van der Waals surface area (Å²) >= 11 is 6.17. The first-order valence-electron chi connectivity index (χ1n) is 12.8. The lowest BCUT2D eigenvalue weighted by Gasteiger charge is -2.18. The number of hydrogen-bond acceptors (Lipinski definition) is 6. The Bertz CT molecular complexity index is 1720. The van der Waals surface area contributed by atoms with Crippen molar-refractivity contribution in [1.29, 1.82) is 0 Å². The van der Waals surface area contributed by atoms with Crippen LogP contribution in [0, 0.1) is 0 Å². The second kappa shape index (κ2) is 12.4. The van der Waals surface area contributed by atoms with Gasteiger partial charge in [-0.1, -0.05) is 54.1 Å². The topological polar surface area (TPSA) is 85.7 Å². The maximum Gasteiger partial charge on any atom is 0.299 e. The highest BCUT2D eigenvalue weighted by Gasteiger charge is 2.18. The summed E-state index contributed by atoms with van der Waals surface area (Å²) in [5.41, 5.74) is 2.19. The monoisotopic (exact) mass is 566 g/mol. The number of rotatable bonds is 9. The molecule has 1 amide bonds. The lowest BCUT2D eigenvalue weighted by atomic mass is 10.1. The van der Waals surface area contributed by atoms with Crippen LogP contribution < -0.4 is 20.3 Å². The number of hydrogen-bond donors (Lipinski definition) is 1. The second-order valence-corrected chi connectivity index (χ2v) is 9.65. The largest absolute Gasteiger partial charge is 0.497 e. The first-order chi connectivity index (χ1) is 19.9. The number of halogens is 1. The lowest BCUT2D eigenvalue weighted by molar-refractivity contribution is 0.0785. The molecule has 5 rings (SSSR count). The van der Waals surface area contributed by atoms with E-state index in [-0.39, 0.29) is 17.3 Å². The predicted octanol–water partition coefficient (Wildman–Crippen LogP) is 6.70. The molecule has 0 fully saturated rings. The summed E-state index contributed by atoms with van der Waals surface area (Å²) in [7, 11) is 3.33. The van der Waals surface area contributed by atoms with Crippen LogP contribution >= 0.6 is 11.6 Å². The zero-order valence-electron chi connectivity index (χ0n) is 22.5. The van der Waals surface area contributed by atoms with Gasteiger partial charge in [0.05, 0.1) is 19.0 Å². The van der Waals surface area contributed by atoms with Gasteiger partial charge < -0.3 is 19.7 Å². The molecule has 0 saturated carbocycles. The van der Waals surface area contributed by atoms with Crippen LogP contribution in [-0.4, -0.2) is 34.7 Å². The van der Waals surface area contributed by atoms with E-state index in [1.165, 1.54) is 10.9 Å². The Balaban J connectivity index is 1.48. The molecule has 0 saturated heterocycles. The van der Waals surface area contributed by atoms with Gasteiger partial charge in [-0.2, -0.15) is 9.78 Å². The number of nitrogens with one attached hydrogen (secondary N) is 1. The summed E-state index contributed by atoms with van der Waals surface area (Å²) in [6, 6.07) is 30.5. The van der Waals surface area contributed by atoms with Crippen LogP contribution in [0.1, 0.15) is 15.9 Å². The molecule has 0 spiro atoms. The molecule has 0 atom stereocenters. The highest BCUT2D eigenvalue weighted by atomic mass is 35.5. The highest BCUT2D eigenvalue weighted by molar-refractivity contribution is 6.30. The third-order valence-corrected chi connectivity index (χ3v) is 6.51. The molecular formula is C32H27ClN4O4. The zero-order valence-corrected chi connectivity index (χ0v) is 23.2. The number of methoxy groups -OCH3 is 1. The fourth-order valence-electron chi connectivity index (χ4n) is 4.22. The summed E-state index contributed by atoms with van der Waals surface area (Å²) < 4.78 is 12.5. The van der Waals surface area contributed by atoms with E-state index in [2.05, 4.69) is 10.4 Å². The number of amides is 1. The maximum absolute atomic E-state index is 13.7. The van der Waals surface area contributed by atoms with Crippen LogP contribution in [-0.2, 0) is 6.54 Å². The van der Waals surface area contributed by atoms with Crippen molar-refractivity contribution in [3.05, 3.63) is 136 Å². The molecule has 206 valence electrons. The van der Waals surface area contributed by atoms with Crippen LogP contribution in [0.15, 0.2) is 114 Å². The number of carbonyl (C=O) groups excluding carboxylic acids is 1. The molecule has 0 bridgehead atoms. The van der Waals surface area contributed by atoms with E-state index in [1.807, 2.05) is 30.3 Å². The Labute approximate surface area is 242 Å². The van der Waals surface area contributed by atoms with Crippen molar-refractivity contribution in [2.45, 2.75) is 6.54 Å². The SMILES string of the molecule is COc1ccc(Oc2cnn(-c3cccc(Cl)c3)c(=O)c2Nc2cccc(C(=O)N(C)Cc3ccccc3)c2)cc1. The molecule has 0 aliphatic heterocycles. The summed E-state index contributed by atoms with van der Waals surface area (Å²) in [5.74, 6) is 1.21. The molecule has 9 heteroatoms. The van der Waals surface area contributed by atoms with E-state index in [0.717, 1.165) is 5.56 Å². The second-order valence-electron chi connectivity index (χ2n) is 9.21. The smallest absolute Gasteiger partial charge is 0.299 e. The Hall–Kier alpha value is -5.08. The zero-order chi connectivity index (χ0) is 28.8. The Morgan fingerprint density at radius 1 is 0.927 bits per heavy atom. The third kappa shape index (κ3) is 6.57. The van der Waals surface area contributed by atoms with Crippen molar-refractivity contribution in [2.75, 3.05) is 19.5 Å². The molecular weight excluding hydrogens is 540 g/mol. The third-order valence-electron chi connectivity index (χ3n) is 6.27.